The maximum absolute atomic E-state index is 12.6. The Labute approximate surface area is 145 Å². The fraction of sp³-hybridized carbons (Fsp3) is 0.353. The maximum Gasteiger partial charge on any atom is 0.226 e. The van der Waals surface area contributed by atoms with Gasteiger partial charge in [0.2, 0.25) is 11.8 Å². The first kappa shape index (κ1) is 16.5. The number of benzene rings is 1. The second-order valence-corrected chi connectivity index (χ2v) is 6.34. The second kappa shape index (κ2) is 7.05. The zero-order chi connectivity index (χ0) is 17.1. The van der Waals surface area contributed by atoms with Crippen LogP contribution in [0.5, 0.6) is 0 Å². The van der Waals surface area contributed by atoms with Gasteiger partial charge in [-0.25, -0.2) is 4.98 Å². The van der Waals surface area contributed by atoms with Crippen molar-refractivity contribution in [2.24, 2.45) is 5.92 Å². The van der Waals surface area contributed by atoms with Crippen molar-refractivity contribution in [1.82, 2.24) is 19.8 Å². The summed E-state index contributed by atoms with van der Waals surface area (Å²) >= 11 is 6.06. The van der Waals surface area contributed by atoms with E-state index in [9.17, 15) is 9.59 Å². The summed E-state index contributed by atoms with van der Waals surface area (Å²) in [6.45, 7) is 1.13. The number of likely N-dealkylation sites (tertiary alicyclic amines) is 1. The average molecular weight is 347 g/mol. The molecule has 1 aliphatic rings. The Bertz CT molecular complexity index is 732. The number of nitrogens with zero attached hydrogens (tertiary/aromatic N) is 3. The standard InChI is InChI=1S/C17H19ClN4O2/c1-21-15(23)10-14(16(21)12-3-2-4-13(18)9-12)17(24)20-6-8-22-7-5-19-11-22/h2-5,7,9,11,14,16H,6,8,10H2,1H3,(H,20,24)/t14-,16-/m0/s1. The fourth-order valence-electron chi connectivity index (χ4n) is 3.11. The summed E-state index contributed by atoms with van der Waals surface area (Å²) in [5.41, 5.74) is 0.880. The molecule has 1 N–H and O–H groups in total. The Kier molecular flexibility index (Phi) is 4.85. The van der Waals surface area contributed by atoms with Gasteiger partial charge in [0.1, 0.15) is 0 Å². The summed E-state index contributed by atoms with van der Waals surface area (Å²) in [5.74, 6) is -0.559. The highest BCUT2D eigenvalue weighted by molar-refractivity contribution is 6.30. The van der Waals surface area contributed by atoms with E-state index in [4.69, 9.17) is 11.6 Å². The topological polar surface area (TPSA) is 67.2 Å². The lowest BCUT2D eigenvalue weighted by molar-refractivity contribution is -0.128. The van der Waals surface area contributed by atoms with Crippen LogP contribution < -0.4 is 5.32 Å². The van der Waals surface area contributed by atoms with E-state index in [0.29, 0.717) is 18.1 Å². The molecule has 1 fully saturated rings. The number of hydrogen-bond donors (Lipinski definition) is 1. The molecular weight excluding hydrogens is 328 g/mol. The summed E-state index contributed by atoms with van der Waals surface area (Å²) in [4.78, 5) is 30.3. The number of halogens is 1. The summed E-state index contributed by atoms with van der Waals surface area (Å²) in [5, 5.41) is 3.52. The molecule has 3 rings (SSSR count). The van der Waals surface area contributed by atoms with Crippen LogP contribution in [0.4, 0.5) is 0 Å². The van der Waals surface area contributed by atoms with Gasteiger partial charge in [0.05, 0.1) is 18.3 Å². The molecule has 2 atom stereocenters. The number of amides is 2. The van der Waals surface area contributed by atoms with Crippen LogP contribution in [0.15, 0.2) is 43.0 Å². The minimum Gasteiger partial charge on any atom is -0.354 e. The Morgan fingerprint density at radius 3 is 3.00 bits per heavy atom. The summed E-state index contributed by atoms with van der Waals surface area (Å²) < 4.78 is 1.89. The maximum atomic E-state index is 12.6. The Morgan fingerprint density at radius 1 is 1.46 bits per heavy atom. The quantitative estimate of drug-likeness (QED) is 0.898. The molecule has 1 aromatic heterocycles. The smallest absolute Gasteiger partial charge is 0.226 e. The highest BCUT2D eigenvalue weighted by Crippen LogP contribution is 2.37. The van der Waals surface area contributed by atoms with Gasteiger partial charge < -0.3 is 14.8 Å². The van der Waals surface area contributed by atoms with Gasteiger partial charge >= 0.3 is 0 Å². The Balaban J connectivity index is 1.70. The second-order valence-electron chi connectivity index (χ2n) is 5.91. The van der Waals surface area contributed by atoms with Crippen molar-refractivity contribution in [3.63, 3.8) is 0 Å². The fourth-order valence-corrected chi connectivity index (χ4v) is 3.31. The van der Waals surface area contributed by atoms with Crippen molar-refractivity contribution in [3.8, 4) is 0 Å². The van der Waals surface area contributed by atoms with Crippen LogP contribution in [-0.2, 0) is 16.1 Å². The number of aromatic nitrogens is 2. The zero-order valence-corrected chi connectivity index (χ0v) is 14.1. The lowest BCUT2D eigenvalue weighted by Gasteiger charge is -2.25. The van der Waals surface area contributed by atoms with E-state index in [2.05, 4.69) is 10.3 Å². The van der Waals surface area contributed by atoms with E-state index >= 15 is 0 Å². The van der Waals surface area contributed by atoms with Gasteiger partial charge in [-0.3, -0.25) is 9.59 Å². The molecule has 0 saturated carbocycles. The van der Waals surface area contributed by atoms with Gasteiger partial charge in [0, 0.05) is 44.0 Å². The molecule has 2 aromatic rings. The highest BCUT2D eigenvalue weighted by atomic mass is 35.5. The number of rotatable bonds is 5. The van der Waals surface area contributed by atoms with Crippen molar-refractivity contribution in [2.75, 3.05) is 13.6 Å². The van der Waals surface area contributed by atoms with Crippen LogP contribution in [0.3, 0.4) is 0 Å². The van der Waals surface area contributed by atoms with E-state index in [1.54, 1.807) is 30.5 Å². The third-order valence-corrected chi connectivity index (χ3v) is 4.58. The summed E-state index contributed by atoms with van der Waals surface area (Å²) in [6.07, 6.45) is 5.45. The molecule has 0 radical (unpaired) electrons. The third-order valence-electron chi connectivity index (χ3n) is 4.34. The normalized spacial score (nSPS) is 20.4. The van der Waals surface area contributed by atoms with Crippen molar-refractivity contribution >= 4 is 23.4 Å². The zero-order valence-electron chi connectivity index (χ0n) is 13.4. The molecule has 0 aliphatic carbocycles. The largest absolute Gasteiger partial charge is 0.354 e. The molecule has 7 heteroatoms. The SMILES string of the molecule is CN1C(=O)C[C@H](C(=O)NCCn2ccnc2)[C@@H]1c1cccc(Cl)c1. The van der Waals surface area contributed by atoms with Gasteiger partial charge in [-0.2, -0.15) is 0 Å². The molecule has 6 nitrogen and oxygen atoms in total. The van der Waals surface area contributed by atoms with E-state index in [1.165, 1.54) is 0 Å². The van der Waals surface area contributed by atoms with Crippen LogP contribution in [-0.4, -0.2) is 39.9 Å². The lowest BCUT2D eigenvalue weighted by atomic mass is 9.93. The average Bonchev–Trinajstić information content (AvgIpc) is 3.16. The van der Waals surface area contributed by atoms with Crippen LogP contribution in [0, 0.1) is 5.92 Å². The van der Waals surface area contributed by atoms with Gasteiger partial charge in [-0.15, -0.1) is 0 Å². The van der Waals surface area contributed by atoms with Crippen molar-refractivity contribution in [2.45, 2.75) is 19.0 Å². The monoisotopic (exact) mass is 346 g/mol. The predicted molar refractivity (Wildman–Crippen MR) is 90.3 cm³/mol. The van der Waals surface area contributed by atoms with E-state index < -0.39 is 5.92 Å². The highest BCUT2D eigenvalue weighted by Gasteiger charge is 2.42. The molecule has 2 heterocycles. The van der Waals surface area contributed by atoms with Crippen molar-refractivity contribution in [1.29, 1.82) is 0 Å². The minimum atomic E-state index is -0.413. The molecule has 0 bridgehead atoms. The first-order valence-corrected chi connectivity index (χ1v) is 8.18. The first-order chi connectivity index (χ1) is 11.6. The van der Waals surface area contributed by atoms with Crippen LogP contribution >= 0.6 is 11.6 Å². The van der Waals surface area contributed by atoms with E-state index in [1.807, 2.05) is 29.0 Å². The van der Waals surface area contributed by atoms with Crippen LogP contribution in [0.25, 0.3) is 0 Å². The lowest BCUT2D eigenvalue weighted by Crippen LogP contribution is -2.36. The van der Waals surface area contributed by atoms with E-state index in [-0.39, 0.29) is 24.3 Å². The predicted octanol–water partition coefficient (Wildman–Crippen LogP) is 1.87. The minimum absolute atomic E-state index is 0.0327. The molecule has 1 aromatic carbocycles. The molecular formula is C17H19ClN4O2. The van der Waals surface area contributed by atoms with Gasteiger partial charge in [-0.05, 0) is 17.7 Å². The van der Waals surface area contributed by atoms with Gasteiger partial charge in [0.25, 0.3) is 0 Å². The number of carbonyl (C=O) groups is 2. The number of carbonyl (C=O) groups excluding carboxylic acids is 2. The van der Waals surface area contributed by atoms with E-state index in [0.717, 1.165) is 5.56 Å². The first-order valence-electron chi connectivity index (χ1n) is 7.81. The van der Waals surface area contributed by atoms with Crippen molar-refractivity contribution < 1.29 is 9.59 Å². The molecule has 126 valence electrons. The molecule has 24 heavy (non-hydrogen) atoms. The van der Waals surface area contributed by atoms with Crippen LogP contribution in [0.2, 0.25) is 5.02 Å². The Hall–Kier alpha value is -2.34. The number of nitrogens with one attached hydrogen (secondary N) is 1. The molecule has 1 saturated heterocycles. The molecule has 0 spiro atoms. The van der Waals surface area contributed by atoms with Gasteiger partial charge in [-0.1, -0.05) is 23.7 Å². The van der Waals surface area contributed by atoms with Gasteiger partial charge in [0.15, 0.2) is 0 Å². The molecule has 0 unspecified atom stereocenters. The number of imidazole rings is 1. The number of hydrogen-bond acceptors (Lipinski definition) is 3. The third kappa shape index (κ3) is 3.43. The van der Waals surface area contributed by atoms with Crippen molar-refractivity contribution in [3.05, 3.63) is 53.6 Å². The molecule has 2 amide bonds. The van der Waals surface area contributed by atoms with Crippen LogP contribution in [0.1, 0.15) is 18.0 Å². The summed E-state index contributed by atoms with van der Waals surface area (Å²) in [6, 6.07) is 7.04. The Morgan fingerprint density at radius 2 is 2.29 bits per heavy atom. The molecule has 1 aliphatic heterocycles. The summed E-state index contributed by atoms with van der Waals surface area (Å²) in [7, 11) is 1.73.